The van der Waals surface area contributed by atoms with Crippen LogP contribution in [0.15, 0.2) is 0 Å². The number of nitrogens with two attached hydrogens (primary N) is 2. The molecule has 0 spiro atoms. The molecule has 0 radical (unpaired) electrons. The van der Waals surface area contributed by atoms with Crippen LogP contribution in [0.2, 0.25) is 0 Å². The first-order chi connectivity index (χ1) is 19.6. The molecule has 0 fully saturated rings. The van der Waals surface area contributed by atoms with Crippen molar-refractivity contribution >= 4 is 41.5 Å². The van der Waals surface area contributed by atoms with Crippen molar-refractivity contribution in [3.05, 3.63) is 0 Å². The molecule has 8 N–H and O–H groups in total. The minimum Gasteiger partial charge on any atom is -0.435 e. The van der Waals surface area contributed by atoms with Gasteiger partial charge in [0.2, 0.25) is 23.6 Å². The number of nitrogens with one attached hydrogen (secondary N) is 3. The Morgan fingerprint density at radius 2 is 1.68 bits per heavy atom. The summed E-state index contributed by atoms with van der Waals surface area (Å²) in [5.74, 6) is -1.84. The van der Waals surface area contributed by atoms with Gasteiger partial charge in [-0.1, -0.05) is 0 Å². The SMILES string of the molecule is CCOCOCCCC(CSCC(N)C(=O)NC(CO)C(=O)NCCOCCC(=O)NCC(N)=O)OC(=O)OCC. The lowest BCUT2D eigenvalue weighted by atomic mass is 10.2. The van der Waals surface area contributed by atoms with E-state index in [1.54, 1.807) is 6.92 Å². The summed E-state index contributed by atoms with van der Waals surface area (Å²) in [7, 11) is 0. The maximum atomic E-state index is 12.5. The van der Waals surface area contributed by atoms with Crippen LogP contribution in [0.5, 0.6) is 0 Å². The van der Waals surface area contributed by atoms with E-state index in [1.165, 1.54) is 11.8 Å². The van der Waals surface area contributed by atoms with Crippen LogP contribution in [0, 0.1) is 0 Å². The van der Waals surface area contributed by atoms with Crippen LogP contribution in [-0.4, -0.2) is 124 Å². The van der Waals surface area contributed by atoms with E-state index in [0.29, 0.717) is 31.8 Å². The normalized spacial score (nSPS) is 13.0. The fraction of sp³-hybridized carbons (Fsp3) is 0.792. The number of rotatable bonds is 25. The minimum absolute atomic E-state index is 0.00500. The van der Waals surface area contributed by atoms with Gasteiger partial charge < -0.3 is 56.2 Å². The molecule has 0 heterocycles. The number of ether oxygens (including phenoxy) is 5. The standard InChI is InChI=1S/C24H45N5O11S/c1-3-36-16-38-9-5-6-17(40-24(35)39-4-2)14-41-15-18(25)22(33)29-19(13-30)23(34)27-8-11-37-10-7-21(32)28-12-20(26)31/h17-19,30H,3-16,25H2,1-2H3,(H2,26,31)(H,27,34)(H,28,32)(H,29,33). The Balaban J connectivity index is 4.39. The number of hydrogen-bond donors (Lipinski definition) is 6. The van der Waals surface area contributed by atoms with Crippen LogP contribution in [0.4, 0.5) is 4.79 Å². The molecule has 0 aliphatic carbocycles. The van der Waals surface area contributed by atoms with Crippen molar-refractivity contribution in [2.45, 2.75) is 51.3 Å². The lowest BCUT2D eigenvalue weighted by Crippen LogP contribution is -2.54. The molecule has 0 aromatic rings. The molecule has 238 valence electrons. The molecule has 0 rings (SSSR count). The van der Waals surface area contributed by atoms with Gasteiger partial charge in [-0.05, 0) is 26.7 Å². The van der Waals surface area contributed by atoms with Crippen molar-refractivity contribution in [1.29, 1.82) is 0 Å². The van der Waals surface area contributed by atoms with E-state index < -0.39 is 54.6 Å². The van der Waals surface area contributed by atoms with Crippen LogP contribution < -0.4 is 27.4 Å². The summed E-state index contributed by atoms with van der Waals surface area (Å²) in [5, 5.41) is 16.7. The van der Waals surface area contributed by atoms with Gasteiger partial charge in [-0.25, -0.2) is 4.79 Å². The lowest BCUT2D eigenvalue weighted by Gasteiger charge is -2.20. The number of amides is 4. The zero-order valence-corrected chi connectivity index (χ0v) is 24.5. The van der Waals surface area contributed by atoms with Crippen molar-refractivity contribution in [3.8, 4) is 0 Å². The summed E-state index contributed by atoms with van der Waals surface area (Å²) in [5.41, 5.74) is 10.9. The maximum absolute atomic E-state index is 12.5. The van der Waals surface area contributed by atoms with E-state index in [1.807, 2.05) is 6.92 Å². The number of carbonyl (C=O) groups is 5. The van der Waals surface area contributed by atoms with Crippen LogP contribution in [0.25, 0.3) is 0 Å². The highest BCUT2D eigenvalue weighted by atomic mass is 32.2. The average Bonchev–Trinajstić information content (AvgIpc) is 2.93. The van der Waals surface area contributed by atoms with E-state index >= 15 is 0 Å². The number of aliphatic hydroxyl groups excluding tert-OH is 1. The molecule has 41 heavy (non-hydrogen) atoms. The van der Waals surface area contributed by atoms with Gasteiger partial charge in [0.15, 0.2) is 0 Å². The Morgan fingerprint density at radius 1 is 0.927 bits per heavy atom. The van der Waals surface area contributed by atoms with Crippen molar-refractivity contribution in [2.24, 2.45) is 11.5 Å². The average molecular weight is 612 g/mol. The molecule has 16 nitrogen and oxygen atoms in total. The van der Waals surface area contributed by atoms with Gasteiger partial charge in [0.25, 0.3) is 0 Å². The summed E-state index contributed by atoms with van der Waals surface area (Å²) in [6.07, 6.45) is -0.172. The summed E-state index contributed by atoms with van der Waals surface area (Å²) >= 11 is 1.29. The van der Waals surface area contributed by atoms with Gasteiger partial charge in [-0.3, -0.25) is 19.2 Å². The molecule has 0 aromatic heterocycles. The third-order valence-electron chi connectivity index (χ3n) is 4.94. The number of thioether (sulfide) groups is 1. The largest absolute Gasteiger partial charge is 0.508 e. The highest BCUT2D eigenvalue weighted by Gasteiger charge is 2.24. The second-order valence-corrected chi connectivity index (χ2v) is 9.44. The van der Waals surface area contributed by atoms with Crippen LogP contribution in [0.3, 0.4) is 0 Å². The second kappa shape index (κ2) is 25.0. The third kappa shape index (κ3) is 21.7. The predicted molar refractivity (Wildman–Crippen MR) is 149 cm³/mol. The molecule has 0 aliphatic rings. The summed E-state index contributed by atoms with van der Waals surface area (Å²) in [4.78, 5) is 58.6. The molecule has 0 bridgehead atoms. The van der Waals surface area contributed by atoms with Gasteiger partial charge in [0.1, 0.15) is 18.9 Å². The lowest BCUT2D eigenvalue weighted by molar-refractivity contribution is -0.130. The van der Waals surface area contributed by atoms with E-state index in [0.717, 1.165) is 0 Å². The van der Waals surface area contributed by atoms with Crippen LogP contribution >= 0.6 is 11.8 Å². The van der Waals surface area contributed by atoms with E-state index in [4.69, 9.17) is 35.2 Å². The first-order valence-corrected chi connectivity index (χ1v) is 14.4. The molecule has 0 saturated heterocycles. The summed E-state index contributed by atoms with van der Waals surface area (Å²) in [6.45, 7) is 4.12. The van der Waals surface area contributed by atoms with Crippen molar-refractivity contribution in [2.75, 3.05) is 71.0 Å². The maximum Gasteiger partial charge on any atom is 0.508 e. The Morgan fingerprint density at radius 3 is 2.34 bits per heavy atom. The highest BCUT2D eigenvalue weighted by Crippen LogP contribution is 2.13. The third-order valence-corrected chi connectivity index (χ3v) is 6.15. The van der Waals surface area contributed by atoms with Gasteiger partial charge in [-0.15, -0.1) is 0 Å². The van der Waals surface area contributed by atoms with Gasteiger partial charge in [0.05, 0.1) is 39.0 Å². The van der Waals surface area contributed by atoms with Crippen LogP contribution in [-0.2, 0) is 42.9 Å². The number of carbonyl (C=O) groups excluding carboxylic acids is 5. The molecular weight excluding hydrogens is 566 g/mol. The molecule has 17 heteroatoms. The monoisotopic (exact) mass is 611 g/mol. The second-order valence-electron chi connectivity index (χ2n) is 8.37. The predicted octanol–water partition coefficient (Wildman–Crippen LogP) is -2.02. The fourth-order valence-corrected chi connectivity index (χ4v) is 3.90. The molecule has 0 aliphatic heterocycles. The topological polar surface area (TPSA) is 240 Å². The number of primary amides is 1. The quantitative estimate of drug-likeness (QED) is 0.0372. The van der Waals surface area contributed by atoms with E-state index in [2.05, 4.69) is 16.0 Å². The molecule has 3 atom stereocenters. The zero-order chi connectivity index (χ0) is 30.9. The molecular formula is C24H45N5O11S. The Labute approximate surface area is 244 Å². The fourth-order valence-electron chi connectivity index (χ4n) is 2.86. The molecule has 0 saturated carbocycles. The minimum atomic E-state index is -1.23. The number of aliphatic hydroxyl groups is 1. The smallest absolute Gasteiger partial charge is 0.435 e. The van der Waals surface area contributed by atoms with Gasteiger partial charge in [-0.2, -0.15) is 11.8 Å². The zero-order valence-electron chi connectivity index (χ0n) is 23.7. The molecule has 0 aromatic carbocycles. The van der Waals surface area contributed by atoms with Crippen molar-refractivity contribution in [3.63, 3.8) is 0 Å². The summed E-state index contributed by atoms with van der Waals surface area (Å²) in [6, 6.07) is -2.22. The van der Waals surface area contributed by atoms with Crippen molar-refractivity contribution < 1.29 is 52.8 Å². The summed E-state index contributed by atoms with van der Waals surface area (Å²) < 4.78 is 25.8. The number of hydrogen-bond acceptors (Lipinski definition) is 13. The van der Waals surface area contributed by atoms with E-state index in [9.17, 15) is 29.1 Å². The Bertz CT molecular complexity index is 778. The van der Waals surface area contributed by atoms with Crippen molar-refractivity contribution in [1.82, 2.24) is 16.0 Å². The first kappa shape index (κ1) is 38.3. The Kier molecular flexibility index (Phi) is 23.4. The van der Waals surface area contributed by atoms with Gasteiger partial charge >= 0.3 is 6.16 Å². The first-order valence-electron chi connectivity index (χ1n) is 13.3. The highest BCUT2D eigenvalue weighted by molar-refractivity contribution is 7.99. The molecule has 3 unspecified atom stereocenters. The van der Waals surface area contributed by atoms with Gasteiger partial charge in [0, 0.05) is 37.7 Å². The Hall–Kier alpha value is -2.70. The molecule has 4 amide bonds. The van der Waals surface area contributed by atoms with E-state index in [-0.39, 0.29) is 51.9 Å². The van der Waals surface area contributed by atoms with Crippen LogP contribution in [0.1, 0.15) is 33.1 Å².